The Morgan fingerprint density at radius 2 is 2.21 bits per heavy atom. The molecule has 0 atom stereocenters. The molecule has 0 aliphatic heterocycles. The van der Waals surface area contributed by atoms with E-state index in [2.05, 4.69) is 26.3 Å². The maximum atomic E-state index is 11.9. The van der Waals surface area contributed by atoms with Gasteiger partial charge in [-0.05, 0) is 28.1 Å². The molecule has 1 aromatic heterocycles. The van der Waals surface area contributed by atoms with Gasteiger partial charge in [0.15, 0.2) is 0 Å². The fraction of sp³-hybridized carbons (Fsp3) is 0.0833. The zero-order valence-corrected chi connectivity index (χ0v) is 12.2. The van der Waals surface area contributed by atoms with Crippen LogP contribution in [0.1, 0.15) is 5.56 Å². The number of carbonyl (C=O) groups excluding carboxylic acids is 1. The Hall–Kier alpha value is -1.73. The number of anilines is 1. The number of benzene rings is 1. The number of nitrogens with one attached hydrogen (secondary N) is 1. The van der Waals surface area contributed by atoms with Gasteiger partial charge < -0.3 is 11.1 Å². The van der Waals surface area contributed by atoms with Crippen LogP contribution < -0.4 is 11.1 Å². The summed E-state index contributed by atoms with van der Waals surface area (Å²) < 4.78 is 2.35. The highest BCUT2D eigenvalue weighted by Gasteiger charge is 2.09. The summed E-state index contributed by atoms with van der Waals surface area (Å²) in [5.74, 6) is -0.195. The Bertz CT molecular complexity index is 626. The number of rotatable bonds is 4. The average Bonchev–Trinajstić information content (AvgIpc) is 2.75. The molecule has 0 bridgehead atoms. The number of para-hydroxylation sites is 1. The van der Waals surface area contributed by atoms with E-state index in [0.717, 1.165) is 4.47 Å². The number of thiocarbonyl (C=S) groups is 1. The molecule has 0 aliphatic carbocycles. The van der Waals surface area contributed by atoms with Crippen LogP contribution in [0.4, 0.5) is 5.69 Å². The molecular formula is C12H11BrN4OS. The van der Waals surface area contributed by atoms with Gasteiger partial charge in [0.2, 0.25) is 5.91 Å². The van der Waals surface area contributed by atoms with Crippen LogP contribution in [-0.2, 0) is 11.3 Å². The van der Waals surface area contributed by atoms with Crippen molar-refractivity contribution >= 4 is 44.7 Å². The second-order valence-corrected chi connectivity index (χ2v) is 5.17. The minimum absolute atomic E-state index is 0.122. The smallest absolute Gasteiger partial charge is 0.246 e. The molecule has 0 fully saturated rings. The molecule has 5 nitrogen and oxygen atoms in total. The molecule has 0 aliphatic rings. The molecule has 2 rings (SSSR count). The third kappa shape index (κ3) is 3.62. The maximum absolute atomic E-state index is 11.9. The molecule has 3 N–H and O–H groups in total. The van der Waals surface area contributed by atoms with Gasteiger partial charge in [-0.25, -0.2) is 0 Å². The highest BCUT2D eigenvalue weighted by molar-refractivity contribution is 9.10. The minimum atomic E-state index is -0.195. The Morgan fingerprint density at radius 1 is 1.47 bits per heavy atom. The monoisotopic (exact) mass is 338 g/mol. The standard InChI is InChI=1S/C12H11BrN4OS/c13-8-5-15-17(6-8)7-11(18)16-10-4-2-1-3-9(10)12(14)19/h1-6H,7H2,(H2,14,19)(H,16,18). The molecule has 19 heavy (non-hydrogen) atoms. The number of hydrogen-bond donors (Lipinski definition) is 2. The van der Waals surface area contributed by atoms with Crippen molar-refractivity contribution in [3.05, 3.63) is 46.7 Å². The fourth-order valence-electron chi connectivity index (χ4n) is 1.57. The van der Waals surface area contributed by atoms with Crippen LogP contribution in [0.25, 0.3) is 0 Å². The van der Waals surface area contributed by atoms with E-state index < -0.39 is 0 Å². The van der Waals surface area contributed by atoms with Crippen molar-refractivity contribution in [3.8, 4) is 0 Å². The summed E-state index contributed by atoms with van der Waals surface area (Å²) in [6.45, 7) is 0.122. The predicted octanol–water partition coefficient (Wildman–Crippen LogP) is 1.92. The summed E-state index contributed by atoms with van der Waals surface area (Å²) in [5, 5.41) is 6.78. The van der Waals surface area contributed by atoms with Gasteiger partial charge in [-0.3, -0.25) is 9.48 Å². The lowest BCUT2D eigenvalue weighted by Crippen LogP contribution is -2.21. The normalized spacial score (nSPS) is 10.2. The first-order valence-electron chi connectivity index (χ1n) is 5.43. The highest BCUT2D eigenvalue weighted by Crippen LogP contribution is 2.15. The molecule has 1 amide bonds. The molecule has 0 saturated carbocycles. The molecule has 0 radical (unpaired) electrons. The first-order valence-corrected chi connectivity index (χ1v) is 6.63. The van der Waals surface area contributed by atoms with Gasteiger partial charge in [0.1, 0.15) is 11.5 Å². The summed E-state index contributed by atoms with van der Waals surface area (Å²) >= 11 is 8.21. The molecule has 1 heterocycles. The fourth-order valence-corrected chi connectivity index (χ4v) is 2.07. The second-order valence-electron chi connectivity index (χ2n) is 3.81. The lowest BCUT2D eigenvalue weighted by Gasteiger charge is -2.09. The van der Waals surface area contributed by atoms with Gasteiger partial charge >= 0.3 is 0 Å². The summed E-state index contributed by atoms with van der Waals surface area (Å²) in [4.78, 5) is 12.1. The molecule has 0 spiro atoms. The van der Waals surface area contributed by atoms with Crippen molar-refractivity contribution in [3.63, 3.8) is 0 Å². The number of nitrogens with two attached hydrogens (primary N) is 1. The molecule has 98 valence electrons. The van der Waals surface area contributed by atoms with Crippen molar-refractivity contribution in [2.24, 2.45) is 5.73 Å². The van der Waals surface area contributed by atoms with E-state index in [0.29, 0.717) is 11.3 Å². The minimum Gasteiger partial charge on any atom is -0.389 e. The third-order valence-electron chi connectivity index (χ3n) is 2.37. The lowest BCUT2D eigenvalue weighted by molar-refractivity contribution is -0.116. The van der Waals surface area contributed by atoms with Crippen LogP contribution in [0.3, 0.4) is 0 Å². The quantitative estimate of drug-likeness (QED) is 0.835. The van der Waals surface area contributed by atoms with E-state index in [1.165, 1.54) is 4.68 Å². The molecule has 0 saturated heterocycles. The number of aromatic nitrogens is 2. The van der Waals surface area contributed by atoms with Gasteiger partial charge in [0, 0.05) is 11.8 Å². The Kier molecular flexibility index (Phi) is 4.28. The molecule has 1 aromatic carbocycles. The molecule has 2 aromatic rings. The Labute approximate surface area is 123 Å². The van der Waals surface area contributed by atoms with E-state index in [4.69, 9.17) is 18.0 Å². The predicted molar refractivity (Wildman–Crippen MR) is 80.9 cm³/mol. The van der Waals surface area contributed by atoms with E-state index in [-0.39, 0.29) is 17.4 Å². The number of nitrogens with zero attached hydrogens (tertiary/aromatic N) is 2. The van der Waals surface area contributed by atoms with Gasteiger partial charge in [0.25, 0.3) is 0 Å². The summed E-state index contributed by atoms with van der Waals surface area (Å²) in [7, 11) is 0. The van der Waals surface area contributed by atoms with E-state index in [9.17, 15) is 4.79 Å². The van der Waals surface area contributed by atoms with Gasteiger partial charge in [0.05, 0.1) is 16.4 Å². The van der Waals surface area contributed by atoms with Crippen LogP contribution in [0.15, 0.2) is 41.1 Å². The van der Waals surface area contributed by atoms with Crippen LogP contribution in [-0.4, -0.2) is 20.7 Å². The van der Waals surface area contributed by atoms with E-state index in [1.807, 2.05) is 12.1 Å². The van der Waals surface area contributed by atoms with Crippen LogP contribution in [0, 0.1) is 0 Å². The van der Waals surface area contributed by atoms with Crippen molar-refractivity contribution in [2.45, 2.75) is 6.54 Å². The van der Waals surface area contributed by atoms with Gasteiger partial charge in [-0.2, -0.15) is 5.10 Å². The SMILES string of the molecule is NC(=S)c1ccccc1NC(=O)Cn1cc(Br)cn1. The van der Waals surface area contributed by atoms with E-state index in [1.54, 1.807) is 24.5 Å². The van der Waals surface area contributed by atoms with Crippen molar-refractivity contribution < 1.29 is 4.79 Å². The summed E-state index contributed by atoms with van der Waals surface area (Å²) in [5.41, 5.74) is 6.85. The number of hydrogen-bond acceptors (Lipinski definition) is 3. The number of carbonyl (C=O) groups is 1. The third-order valence-corrected chi connectivity index (χ3v) is 3.00. The van der Waals surface area contributed by atoms with Crippen molar-refractivity contribution in [1.82, 2.24) is 9.78 Å². The van der Waals surface area contributed by atoms with Crippen LogP contribution in [0.2, 0.25) is 0 Å². The van der Waals surface area contributed by atoms with Crippen LogP contribution >= 0.6 is 28.1 Å². The second kappa shape index (κ2) is 5.94. The van der Waals surface area contributed by atoms with Crippen molar-refractivity contribution in [2.75, 3.05) is 5.32 Å². The zero-order valence-electron chi connectivity index (χ0n) is 9.84. The zero-order chi connectivity index (χ0) is 13.8. The first kappa shape index (κ1) is 13.7. The van der Waals surface area contributed by atoms with Crippen molar-refractivity contribution in [1.29, 1.82) is 0 Å². The van der Waals surface area contributed by atoms with E-state index >= 15 is 0 Å². The Balaban J connectivity index is 2.09. The average molecular weight is 339 g/mol. The largest absolute Gasteiger partial charge is 0.389 e. The topological polar surface area (TPSA) is 72.9 Å². The maximum Gasteiger partial charge on any atom is 0.246 e. The highest BCUT2D eigenvalue weighted by atomic mass is 79.9. The lowest BCUT2D eigenvalue weighted by atomic mass is 10.2. The van der Waals surface area contributed by atoms with Crippen LogP contribution in [0.5, 0.6) is 0 Å². The van der Waals surface area contributed by atoms with Gasteiger partial charge in [-0.1, -0.05) is 24.4 Å². The molecule has 0 unspecified atom stereocenters. The molecular weight excluding hydrogens is 328 g/mol. The summed E-state index contributed by atoms with van der Waals surface area (Å²) in [6.07, 6.45) is 3.34. The Morgan fingerprint density at radius 3 is 2.84 bits per heavy atom. The summed E-state index contributed by atoms with van der Waals surface area (Å²) in [6, 6.07) is 7.14. The van der Waals surface area contributed by atoms with Gasteiger partial charge in [-0.15, -0.1) is 0 Å². The first-order chi connectivity index (χ1) is 9.06. The number of halogens is 1. The number of amides is 1. The molecule has 7 heteroatoms.